The van der Waals surface area contributed by atoms with Crippen molar-refractivity contribution in [3.8, 4) is 5.75 Å². The highest BCUT2D eigenvalue weighted by atomic mass is 16.5. The van der Waals surface area contributed by atoms with Crippen LogP contribution in [0, 0.1) is 18.8 Å². The van der Waals surface area contributed by atoms with Crippen molar-refractivity contribution in [2.45, 2.75) is 58.3 Å². The fourth-order valence-corrected chi connectivity index (χ4v) is 4.37. The number of carbonyl (C=O) groups excluding carboxylic acids is 1. The largest absolute Gasteiger partial charge is 0.494 e. The van der Waals surface area contributed by atoms with E-state index in [0.717, 1.165) is 74.3 Å². The fraction of sp³-hybridized carbons (Fsp3) is 0.640. The van der Waals surface area contributed by atoms with E-state index in [0.29, 0.717) is 31.1 Å². The maximum absolute atomic E-state index is 12.2. The molecule has 1 aromatic carbocycles. The third-order valence-corrected chi connectivity index (χ3v) is 6.60. The number of aryl methyl sites for hydroxylation is 1. The molecule has 0 bridgehead atoms. The molecule has 0 atom stereocenters. The van der Waals surface area contributed by atoms with Crippen LogP contribution in [-0.4, -0.2) is 54.0 Å². The summed E-state index contributed by atoms with van der Waals surface area (Å²) in [6, 6.07) is 5.58. The van der Waals surface area contributed by atoms with E-state index >= 15 is 0 Å². The lowest BCUT2D eigenvalue weighted by atomic mass is 9.92. The second-order valence-electron chi connectivity index (χ2n) is 9.37. The summed E-state index contributed by atoms with van der Waals surface area (Å²) in [6.45, 7) is 5.11. The number of nitrogens with one attached hydrogen (secondary N) is 1. The van der Waals surface area contributed by atoms with Crippen LogP contribution in [0.3, 0.4) is 0 Å². The van der Waals surface area contributed by atoms with Crippen molar-refractivity contribution < 1.29 is 19.2 Å². The first kappa shape index (κ1) is 23.5. The number of amides is 1. The summed E-state index contributed by atoms with van der Waals surface area (Å²) in [6.07, 6.45) is 8.53. The third kappa shape index (κ3) is 6.93. The van der Waals surface area contributed by atoms with Crippen molar-refractivity contribution in [1.82, 2.24) is 15.5 Å². The monoisotopic (exact) mass is 456 g/mol. The number of aliphatic hydroxyl groups excluding tert-OH is 1. The number of hydrogen-bond acceptors (Lipinski definition) is 7. The number of rotatable bonds is 12. The Kier molecular flexibility index (Phi) is 8.20. The minimum atomic E-state index is -0.112. The molecule has 2 heterocycles. The lowest BCUT2D eigenvalue weighted by molar-refractivity contribution is 0.0950. The van der Waals surface area contributed by atoms with Gasteiger partial charge in [0, 0.05) is 38.2 Å². The van der Waals surface area contributed by atoms with E-state index in [9.17, 15) is 4.79 Å². The zero-order valence-electron chi connectivity index (χ0n) is 19.6. The van der Waals surface area contributed by atoms with Gasteiger partial charge in [-0.1, -0.05) is 0 Å². The van der Waals surface area contributed by atoms with Crippen LogP contribution in [-0.2, 0) is 6.42 Å². The number of aromatic nitrogens is 2. The minimum absolute atomic E-state index is 0.0745. The molecule has 8 heteroatoms. The van der Waals surface area contributed by atoms with Crippen LogP contribution >= 0.6 is 0 Å². The van der Waals surface area contributed by atoms with Gasteiger partial charge in [0.05, 0.1) is 6.61 Å². The summed E-state index contributed by atoms with van der Waals surface area (Å²) in [5.41, 5.74) is 1.54. The standard InChI is InChI=1S/C25H36N4O4/c1-18-16-21(7-8-22(18)24(31)26-11-3-14-30)32-15-2-4-19-9-12-29(13-10-19)25-27-23(33-28-25)17-20-5-6-20/h7-8,16,19-20,30H,2-6,9-15,17H2,1H3,(H,26,31). The predicted octanol–water partition coefficient (Wildman–Crippen LogP) is 3.52. The molecule has 0 radical (unpaired) electrons. The van der Waals surface area contributed by atoms with Gasteiger partial charge < -0.3 is 24.6 Å². The highest BCUT2D eigenvalue weighted by Gasteiger charge is 2.26. The molecule has 2 fully saturated rings. The molecule has 1 saturated heterocycles. The quantitative estimate of drug-likeness (QED) is 0.471. The highest BCUT2D eigenvalue weighted by molar-refractivity contribution is 5.95. The van der Waals surface area contributed by atoms with Crippen LogP contribution in [0.2, 0.25) is 0 Å². The predicted molar refractivity (Wildman–Crippen MR) is 126 cm³/mol. The Labute approximate surface area is 195 Å². The van der Waals surface area contributed by atoms with Gasteiger partial charge in [0.1, 0.15) is 5.75 Å². The van der Waals surface area contributed by atoms with Crippen LogP contribution in [0.25, 0.3) is 0 Å². The summed E-state index contributed by atoms with van der Waals surface area (Å²) in [5, 5.41) is 15.8. The van der Waals surface area contributed by atoms with E-state index in [1.807, 2.05) is 25.1 Å². The number of benzene rings is 1. The molecular weight excluding hydrogens is 420 g/mol. The van der Waals surface area contributed by atoms with Gasteiger partial charge in [-0.05, 0) is 92.6 Å². The van der Waals surface area contributed by atoms with Gasteiger partial charge in [0.2, 0.25) is 5.89 Å². The molecule has 2 N–H and O–H groups in total. The SMILES string of the molecule is Cc1cc(OCCCC2CCN(c3noc(CC4CC4)n3)CC2)ccc1C(=O)NCCCO. The van der Waals surface area contributed by atoms with Crippen molar-refractivity contribution in [2.24, 2.45) is 11.8 Å². The van der Waals surface area contributed by atoms with Crippen molar-refractivity contribution >= 4 is 11.9 Å². The first-order valence-electron chi connectivity index (χ1n) is 12.3. The zero-order chi connectivity index (χ0) is 23.0. The maximum Gasteiger partial charge on any atom is 0.266 e. The Morgan fingerprint density at radius 3 is 2.76 bits per heavy atom. The Bertz CT molecular complexity index is 904. The summed E-state index contributed by atoms with van der Waals surface area (Å²) in [4.78, 5) is 19.0. The Morgan fingerprint density at radius 2 is 2.03 bits per heavy atom. The number of aliphatic hydroxyl groups is 1. The molecule has 33 heavy (non-hydrogen) atoms. The van der Waals surface area contributed by atoms with Crippen molar-refractivity contribution in [3.63, 3.8) is 0 Å². The van der Waals surface area contributed by atoms with Gasteiger partial charge in [-0.25, -0.2) is 0 Å². The number of anilines is 1. The Morgan fingerprint density at radius 1 is 1.21 bits per heavy atom. The second kappa shape index (κ2) is 11.5. The van der Waals surface area contributed by atoms with E-state index in [-0.39, 0.29) is 12.5 Å². The smallest absolute Gasteiger partial charge is 0.266 e. The number of ether oxygens (including phenoxy) is 1. The van der Waals surface area contributed by atoms with E-state index in [2.05, 4.69) is 20.4 Å². The van der Waals surface area contributed by atoms with Gasteiger partial charge >= 0.3 is 0 Å². The number of nitrogens with zero attached hydrogens (tertiary/aromatic N) is 3. The van der Waals surface area contributed by atoms with E-state index in [1.165, 1.54) is 12.8 Å². The molecule has 1 amide bonds. The van der Waals surface area contributed by atoms with Gasteiger partial charge in [0.25, 0.3) is 11.9 Å². The molecule has 1 aliphatic heterocycles. The van der Waals surface area contributed by atoms with E-state index in [1.54, 1.807) is 0 Å². The molecular formula is C25H36N4O4. The Hall–Kier alpha value is -2.61. The number of piperidine rings is 1. The van der Waals surface area contributed by atoms with Crippen LogP contribution in [0.15, 0.2) is 22.7 Å². The Balaban J connectivity index is 1.13. The van der Waals surface area contributed by atoms with Gasteiger partial charge in [-0.2, -0.15) is 4.98 Å². The first-order valence-corrected chi connectivity index (χ1v) is 12.3. The van der Waals surface area contributed by atoms with Gasteiger partial charge in [0.15, 0.2) is 0 Å². The average molecular weight is 457 g/mol. The molecule has 1 saturated carbocycles. The van der Waals surface area contributed by atoms with Crippen molar-refractivity contribution in [1.29, 1.82) is 0 Å². The van der Waals surface area contributed by atoms with E-state index in [4.69, 9.17) is 14.4 Å². The van der Waals surface area contributed by atoms with Gasteiger partial charge in [-0.15, -0.1) is 0 Å². The van der Waals surface area contributed by atoms with Crippen molar-refractivity contribution in [3.05, 3.63) is 35.2 Å². The van der Waals surface area contributed by atoms with E-state index < -0.39 is 0 Å². The topological polar surface area (TPSA) is 101 Å². The normalized spacial score (nSPS) is 16.7. The summed E-state index contributed by atoms with van der Waals surface area (Å²) >= 11 is 0. The second-order valence-corrected chi connectivity index (χ2v) is 9.37. The summed E-state index contributed by atoms with van der Waals surface area (Å²) in [5.74, 6) is 3.70. The fourth-order valence-electron chi connectivity index (χ4n) is 4.37. The highest BCUT2D eigenvalue weighted by Crippen LogP contribution is 2.32. The molecule has 0 spiro atoms. The van der Waals surface area contributed by atoms with Gasteiger partial charge in [-0.3, -0.25) is 4.79 Å². The number of carbonyl (C=O) groups is 1. The number of hydrogen-bond donors (Lipinski definition) is 2. The molecule has 180 valence electrons. The van der Waals surface area contributed by atoms with Crippen LogP contribution in [0.1, 0.15) is 66.8 Å². The van der Waals surface area contributed by atoms with Crippen molar-refractivity contribution in [2.75, 3.05) is 37.7 Å². The molecule has 1 aromatic heterocycles. The first-order chi connectivity index (χ1) is 16.1. The van der Waals surface area contributed by atoms with Crippen LogP contribution < -0.4 is 15.0 Å². The van der Waals surface area contributed by atoms with Crippen LogP contribution in [0.5, 0.6) is 5.75 Å². The molecule has 1 aliphatic carbocycles. The lowest BCUT2D eigenvalue weighted by Crippen LogP contribution is -2.34. The molecule has 4 rings (SSSR count). The molecule has 2 aliphatic rings. The zero-order valence-corrected chi connectivity index (χ0v) is 19.6. The average Bonchev–Trinajstić information content (AvgIpc) is 3.51. The molecule has 8 nitrogen and oxygen atoms in total. The maximum atomic E-state index is 12.2. The lowest BCUT2D eigenvalue weighted by Gasteiger charge is -2.30. The summed E-state index contributed by atoms with van der Waals surface area (Å²) in [7, 11) is 0. The third-order valence-electron chi connectivity index (χ3n) is 6.60. The minimum Gasteiger partial charge on any atom is -0.494 e. The van der Waals surface area contributed by atoms with Crippen LogP contribution in [0.4, 0.5) is 5.95 Å². The molecule has 0 unspecified atom stereocenters. The summed E-state index contributed by atoms with van der Waals surface area (Å²) < 4.78 is 11.4. The molecule has 2 aromatic rings.